The van der Waals surface area contributed by atoms with Gasteiger partial charge in [0.25, 0.3) is 5.91 Å². The van der Waals surface area contributed by atoms with Crippen molar-refractivity contribution in [1.82, 2.24) is 5.32 Å². The Kier molecular flexibility index (Phi) is 7.59. The van der Waals surface area contributed by atoms with Crippen LogP contribution in [0.25, 0.3) is 0 Å². The van der Waals surface area contributed by atoms with Crippen molar-refractivity contribution in [3.63, 3.8) is 0 Å². The Morgan fingerprint density at radius 3 is 2.27 bits per heavy atom. The second-order valence-corrected chi connectivity index (χ2v) is 8.35. The van der Waals surface area contributed by atoms with Gasteiger partial charge in [0.2, 0.25) is 0 Å². The number of nitrogens with one attached hydrogen (secondary N) is 1. The molecule has 1 unspecified atom stereocenters. The van der Waals surface area contributed by atoms with E-state index in [1.165, 1.54) is 18.2 Å². The first-order chi connectivity index (χ1) is 15.7. The number of hydrogen-bond acceptors (Lipinski definition) is 4. The normalized spacial score (nSPS) is 15.2. The molecule has 3 rings (SSSR count). The lowest BCUT2D eigenvalue weighted by molar-refractivity contribution is -0.116. The van der Waals surface area contributed by atoms with Crippen LogP contribution in [0.4, 0.5) is 4.39 Å². The van der Waals surface area contributed by atoms with Gasteiger partial charge in [-0.05, 0) is 69.7 Å². The molecule has 0 saturated heterocycles. The Bertz CT molecular complexity index is 1160. The maximum absolute atomic E-state index is 14.4. The lowest BCUT2D eigenvalue weighted by Crippen LogP contribution is -2.28. The van der Waals surface area contributed by atoms with Crippen LogP contribution >= 0.6 is 0 Å². The van der Waals surface area contributed by atoms with E-state index in [9.17, 15) is 23.9 Å². The van der Waals surface area contributed by atoms with Crippen molar-refractivity contribution >= 4 is 17.5 Å². The molecule has 33 heavy (non-hydrogen) atoms. The third-order valence-electron chi connectivity index (χ3n) is 6.23. The Morgan fingerprint density at radius 1 is 0.939 bits per heavy atom. The van der Waals surface area contributed by atoms with Gasteiger partial charge in [-0.1, -0.05) is 30.3 Å². The number of Topliss-reactive ketones (excluding diaryl/α,β-unsaturated/α-hetero) is 2. The van der Waals surface area contributed by atoms with Crippen LogP contribution in [0.3, 0.4) is 0 Å². The summed E-state index contributed by atoms with van der Waals surface area (Å²) in [5, 5.41) is 12.6. The number of carbonyl (C=O) groups is 3. The molecule has 1 aliphatic carbocycles. The van der Waals surface area contributed by atoms with Crippen LogP contribution in [-0.2, 0) is 16.0 Å². The molecule has 2 aromatic carbocycles. The number of phenols is 1. The summed E-state index contributed by atoms with van der Waals surface area (Å²) in [4.78, 5) is 38.2. The van der Waals surface area contributed by atoms with Crippen LogP contribution in [0.2, 0.25) is 0 Å². The summed E-state index contributed by atoms with van der Waals surface area (Å²) in [5.41, 5.74) is 2.36. The van der Waals surface area contributed by atoms with E-state index in [-0.39, 0.29) is 41.0 Å². The topological polar surface area (TPSA) is 83.5 Å². The van der Waals surface area contributed by atoms with Gasteiger partial charge in [-0.15, -0.1) is 0 Å². The fraction of sp³-hybridized carbons (Fsp3) is 0.296. The van der Waals surface area contributed by atoms with Gasteiger partial charge in [0, 0.05) is 28.8 Å². The number of aromatic hydroxyl groups is 1. The monoisotopic (exact) mass is 449 g/mol. The van der Waals surface area contributed by atoms with Crippen molar-refractivity contribution in [3.05, 3.63) is 87.8 Å². The van der Waals surface area contributed by atoms with Gasteiger partial charge in [-0.3, -0.25) is 14.4 Å². The number of amides is 1. The second-order valence-electron chi connectivity index (χ2n) is 8.35. The molecule has 2 aromatic rings. The molecule has 0 aliphatic heterocycles. The van der Waals surface area contributed by atoms with Gasteiger partial charge >= 0.3 is 0 Å². The standard InChI is InChI=1S/C27H28FNO4/c1-16-17(2)26(32)24(18(3)25(16)31)20(15-19-9-4-6-12-22(19)28)10-8-14-29-27(33)21-11-5-7-13-23(21)30/h4-7,9,11-13,20,30H,8,10,14-15H2,1-3H3,(H,29,33). The average Bonchev–Trinajstić information content (AvgIpc) is 2.80. The van der Waals surface area contributed by atoms with E-state index in [1.54, 1.807) is 51.1 Å². The lowest BCUT2D eigenvalue weighted by Gasteiger charge is -2.26. The zero-order chi connectivity index (χ0) is 24.1. The van der Waals surface area contributed by atoms with Gasteiger partial charge in [0.1, 0.15) is 11.6 Å². The molecule has 0 bridgehead atoms. The molecule has 0 radical (unpaired) electrons. The van der Waals surface area contributed by atoms with Crippen LogP contribution in [0.15, 0.2) is 70.8 Å². The van der Waals surface area contributed by atoms with Crippen LogP contribution in [0.1, 0.15) is 49.5 Å². The Hall–Kier alpha value is -3.54. The van der Waals surface area contributed by atoms with Crippen molar-refractivity contribution < 1.29 is 23.9 Å². The van der Waals surface area contributed by atoms with E-state index < -0.39 is 5.91 Å². The highest BCUT2D eigenvalue weighted by Gasteiger charge is 2.32. The molecule has 1 atom stereocenters. The van der Waals surface area contributed by atoms with Crippen molar-refractivity contribution in [2.75, 3.05) is 6.54 Å². The smallest absolute Gasteiger partial charge is 0.255 e. The minimum atomic E-state index is -0.396. The zero-order valence-electron chi connectivity index (χ0n) is 19.1. The molecule has 5 nitrogen and oxygen atoms in total. The fourth-order valence-electron chi connectivity index (χ4n) is 4.20. The summed E-state index contributed by atoms with van der Waals surface area (Å²) in [6, 6.07) is 12.7. The van der Waals surface area contributed by atoms with Crippen LogP contribution in [0.5, 0.6) is 5.75 Å². The largest absolute Gasteiger partial charge is 0.507 e. The second kappa shape index (κ2) is 10.4. The molecule has 1 aliphatic rings. The average molecular weight is 450 g/mol. The maximum atomic E-state index is 14.4. The SMILES string of the molecule is CC1=C(C)C(=O)C(C(CCCNC(=O)c2ccccc2O)Cc2ccccc2F)=C(C)C1=O. The number of rotatable bonds is 8. The van der Waals surface area contributed by atoms with E-state index >= 15 is 0 Å². The molecular formula is C27H28FNO4. The van der Waals surface area contributed by atoms with Crippen molar-refractivity contribution in [1.29, 1.82) is 0 Å². The summed E-state index contributed by atoms with van der Waals surface area (Å²) >= 11 is 0. The fourth-order valence-corrected chi connectivity index (χ4v) is 4.20. The number of benzene rings is 2. The predicted molar refractivity (Wildman–Crippen MR) is 124 cm³/mol. The molecule has 0 spiro atoms. The number of ketones is 2. The third kappa shape index (κ3) is 5.28. The van der Waals surface area contributed by atoms with E-state index in [4.69, 9.17) is 0 Å². The zero-order valence-corrected chi connectivity index (χ0v) is 19.1. The Labute approximate surface area is 193 Å². The first-order valence-electron chi connectivity index (χ1n) is 11.0. The number of allylic oxidation sites excluding steroid dienone is 4. The van der Waals surface area contributed by atoms with Gasteiger partial charge in [0.05, 0.1) is 5.56 Å². The molecule has 0 aromatic heterocycles. The highest BCUT2D eigenvalue weighted by molar-refractivity contribution is 6.24. The van der Waals surface area contributed by atoms with E-state index in [0.717, 1.165) is 0 Å². The first kappa shape index (κ1) is 24.1. The summed E-state index contributed by atoms with van der Waals surface area (Å²) in [6.45, 7) is 5.26. The minimum Gasteiger partial charge on any atom is -0.507 e. The number of para-hydroxylation sites is 1. The Morgan fingerprint density at radius 2 is 1.58 bits per heavy atom. The third-order valence-corrected chi connectivity index (χ3v) is 6.23. The van der Waals surface area contributed by atoms with Crippen LogP contribution < -0.4 is 5.32 Å². The predicted octanol–water partition coefficient (Wildman–Crippen LogP) is 4.70. The van der Waals surface area contributed by atoms with Gasteiger partial charge in [-0.2, -0.15) is 0 Å². The minimum absolute atomic E-state index is 0.0999. The highest BCUT2D eigenvalue weighted by atomic mass is 19.1. The molecule has 0 saturated carbocycles. The molecule has 6 heteroatoms. The quantitative estimate of drug-likeness (QED) is 0.452. The summed E-state index contributed by atoms with van der Waals surface area (Å²) in [6.07, 6.45) is 1.27. The number of phenolic OH excluding ortho intramolecular Hbond substituents is 1. The highest BCUT2D eigenvalue weighted by Crippen LogP contribution is 2.33. The summed E-state index contributed by atoms with van der Waals surface area (Å²) < 4.78 is 14.4. The Balaban J connectivity index is 1.78. The van der Waals surface area contributed by atoms with Crippen molar-refractivity contribution in [3.8, 4) is 5.75 Å². The number of halogens is 1. The summed E-state index contributed by atoms with van der Waals surface area (Å²) in [5.74, 6) is -1.56. The van der Waals surface area contributed by atoms with Crippen LogP contribution in [0, 0.1) is 11.7 Å². The maximum Gasteiger partial charge on any atom is 0.255 e. The summed E-state index contributed by atoms with van der Waals surface area (Å²) in [7, 11) is 0. The molecule has 2 N–H and O–H groups in total. The number of carbonyl (C=O) groups excluding carboxylic acids is 3. The van der Waals surface area contributed by atoms with Crippen molar-refractivity contribution in [2.24, 2.45) is 5.92 Å². The molecule has 0 heterocycles. The van der Waals surface area contributed by atoms with Crippen LogP contribution in [-0.4, -0.2) is 29.1 Å². The molecule has 1 amide bonds. The molecule has 0 fully saturated rings. The van der Waals surface area contributed by atoms with Gasteiger partial charge in [0.15, 0.2) is 11.6 Å². The molecular weight excluding hydrogens is 421 g/mol. The lowest BCUT2D eigenvalue weighted by atomic mass is 9.76. The van der Waals surface area contributed by atoms with Crippen molar-refractivity contribution in [2.45, 2.75) is 40.0 Å². The van der Waals surface area contributed by atoms with Gasteiger partial charge in [-0.25, -0.2) is 4.39 Å². The van der Waals surface area contributed by atoms with Gasteiger partial charge < -0.3 is 10.4 Å². The number of hydrogen-bond donors (Lipinski definition) is 2. The van der Waals surface area contributed by atoms with E-state index in [0.29, 0.717) is 47.2 Å². The first-order valence-corrected chi connectivity index (χ1v) is 11.0. The van der Waals surface area contributed by atoms with E-state index in [1.807, 2.05) is 0 Å². The molecule has 172 valence electrons. The van der Waals surface area contributed by atoms with E-state index in [2.05, 4.69) is 5.32 Å².